The molecule has 2 heterocycles. The molecule has 4 N–H and O–H groups in total. The molecule has 0 unspecified atom stereocenters. The molecule has 3 aromatic rings. The first-order valence-electron chi connectivity index (χ1n) is 6.47. The molecule has 0 spiro atoms. The Morgan fingerprint density at radius 3 is 2.77 bits per heavy atom. The maximum atomic E-state index is 7.55. The topological polar surface area (TPSA) is 74.8 Å². The number of benzene rings is 1. The van der Waals surface area contributed by atoms with Crippen molar-refractivity contribution in [2.75, 3.05) is 11.6 Å². The van der Waals surface area contributed by atoms with Gasteiger partial charge in [0, 0.05) is 10.9 Å². The Kier molecular flexibility index (Phi) is 4.47. The molecule has 0 radical (unpaired) electrons. The highest BCUT2D eigenvalue weighted by Crippen LogP contribution is 2.37. The summed E-state index contributed by atoms with van der Waals surface area (Å²) in [6.45, 7) is 0. The number of amidine groups is 1. The zero-order valence-corrected chi connectivity index (χ0v) is 14.2. The summed E-state index contributed by atoms with van der Waals surface area (Å²) in [5.41, 5.74) is 8.59. The first-order chi connectivity index (χ1) is 10.7. The molecule has 112 valence electrons. The molecule has 0 atom stereocenters. The second kappa shape index (κ2) is 6.51. The van der Waals surface area contributed by atoms with E-state index < -0.39 is 0 Å². The number of hydrogen-bond donors (Lipinski definition) is 3. The molecule has 0 aliphatic heterocycles. The highest BCUT2D eigenvalue weighted by atomic mass is 32.2. The predicted molar refractivity (Wildman–Crippen MR) is 97.9 cm³/mol. The molecule has 4 nitrogen and oxygen atoms in total. The fourth-order valence-corrected chi connectivity index (χ4v) is 4.30. The van der Waals surface area contributed by atoms with Gasteiger partial charge in [-0.05, 0) is 12.3 Å². The molecule has 0 fully saturated rings. The molecule has 7 heteroatoms. The number of hydrogen-bond acceptors (Lipinski definition) is 6. The lowest BCUT2D eigenvalue weighted by atomic mass is 10.2. The summed E-state index contributed by atoms with van der Waals surface area (Å²) in [5, 5.41) is 13.8. The van der Waals surface area contributed by atoms with Crippen LogP contribution in [0.3, 0.4) is 0 Å². The van der Waals surface area contributed by atoms with Crippen LogP contribution in [-0.4, -0.2) is 17.1 Å². The fourth-order valence-electron chi connectivity index (χ4n) is 1.93. The second-order valence-corrected chi connectivity index (χ2v) is 7.44. The number of aromatic nitrogens is 1. The molecule has 0 aliphatic rings. The number of anilines is 2. The number of nitrogens with zero attached hydrogens (tertiary/aromatic N) is 1. The summed E-state index contributed by atoms with van der Waals surface area (Å²) in [5.74, 6) is 0.0949. The van der Waals surface area contributed by atoms with Crippen LogP contribution in [0, 0.1) is 5.41 Å². The van der Waals surface area contributed by atoms with E-state index in [4.69, 9.17) is 11.1 Å². The lowest BCUT2D eigenvalue weighted by Gasteiger charge is -2.01. The van der Waals surface area contributed by atoms with Crippen molar-refractivity contribution in [2.24, 2.45) is 5.73 Å². The lowest BCUT2D eigenvalue weighted by Crippen LogP contribution is -2.08. The number of thioether (sulfide) groups is 1. The van der Waals surface area contributed by atoms with Crippen molar-refractivity contribution in [3.8, 4) is 11.3 Å². The van der Waals surface area contributed by atoms with Gasteiger partial charge >= 0.3 is 0 Å². The molecule has 2 aromatic heterocycles. The smallest absolute Gasteiger partial charge is 0.187 e. The maximum absolute atomic E-state index is 7.55. The van der Waals surface area contributed by atoms with Gasteiger partial charge in [0.15, 0.2) is 5.13 Å². The summed E-state index contributed by atoms with van der Waals surface area (Å²) in [6, 6.07) is 12.0. The van der Waals surface area contributed by atoms with Crippen LogP contribution in [0.25, 0.3) is 11.3 Å². The number of nitrogens with two attached hydrogens (primary N) is 1. The minimum absolute atomic E-state index is 0.0949. The molecular weight excluding hydrogens is 332 g/mol. The van der Waals surface area contributed by atoms with Crippen LogP contribution in [0.1, 0.15) is 4.88 Å². The normalized spacial score (nSPS) is 10.6. The molecular formula is C15H14N4S3. The van der Waals surface area contributed by atoms with Gasteiger partial charge in [-0.15, -0.1) is 34.4 Å². The molecule has 3 rings (SSSR count). The van der Waals surface area contributed by atoms with Gasteiger partial charge in [-0.25, -0.2) is 4.98 Å². The Bertz CT molecular complexity index is 792. The van der Waals surface area contributed by atoms with Gasteiger partial charge in [0.25, 0.3) is 0 Å². The quantitative estimate of drug-likeness (QED) is 0.358. The van der Waals surface area contributed by atoms with Gasteiger partial charge < -0.3 is 11.1 Å². The van der Waals surface area contributed by atoms with Crippen LogP contribution >= 0.6 is 34.4 Å². The maximum Gasteiger partial charge on any atom is 0.187 e. The van der Waals surface area contributed by atoms with Gasteiger partial charge in [-0.3, -0.25) is 5.41 Å². The zero-order chi connectivity index (χ0) is 15.5. The van der Waals surface area contributed by atoms with Crippen LogP contribution in [0.5, 0.6) is 0 Å². The Balaban J connectivity index is 1.85. The summed E-state index contributed by atoms with van der Waals surface area (Å²) in [4.78, 5) is 5.39. The molecule has 0 aliphatic carbocycles. The molecule has 22 heavy (non-hydrogen) atoms. The van der Waals surface area contributed by atoms with Gasteiger partial charge in [-0.2, -0.15) is 0 Å². The van der Waals surface area contributed by atoms with Crippen LogP contribution in [0.15, 0.2) is 46.0 Å². The number of thiazole rings is 1. The van der Waals surface area contributed by atoms with Gasteiger partial charge in [0.1, 0.15) is 5.84 Å². The van der Waals surface area contributed by atoms with E-state index >= 15 is 0 Å². The monoisotopic (exact) mass is 346 g/mol. The number of rotatable bonds is 5. The van der Waals surface area contributed by atoms with Gasteiger partial charge in [-0.1, -0.05) is 30.3 Å². The zero-order valence-electron chi connectivity index (χ0n) is 11.8. The lowest BCUT2D eigenvalue weighted by molar-refractivity contribution is 1.38. The average molecular weight is 347 g/mol. The number of nitrogens with one attached hydrogen (secondary N) is 2. The molecule has 0 saturated carbocycles. The second-order valence-electron chi connectivity index (χ2n) is 4.46. The van der Waals surface area contributed by atoms with Crippen molar-refractivity contribution in [2.45, 2.75) is 4.21 Å². The highest BCUT2D eigenvalue weighted by molar-refractivity contribution is 8.00. The SMILES string of the molecule is CSc1sc(C(=N)N)cc1Nc1nc(-c2ccccc2)cs1. The minimum Gasteiger partial charge on any atom is -0.383 e. The summed E-state index contributed by atoms with van der Waals surface area (Å²) < 4.78 is 1.10. The molecule has 0 saturated heterocycles. The average Bonchev–Trinajstić information content (AvgIpc) is 3.15. The van der Waals surface area contributed by atoms with E-state index in [9.17, 15) is 0 Å². The van der Waals surface area contributed by atoms with Crippen molar-refractivity contribution >= 4 is 51.1 Å². The Hall–Kier alpha value is -1.83. The highest BCUT2D eigenvalue weighted by Gasteiger charge is 2.12. The molecule has 1 aromatic carbocycles. The van der Waals surface area contributed by atoms with Crippen LogP contribution < -0.4 is 11.1 Å². The Labute approximate surface area is 140 Å². The first-order valence-corrected chi connectivity index (χ1v) is 9.39. The predicted octanol–water partition coefficient (Wildman–Crippen LogP) is 4.62. The third-order valence-corrected chi connectivity index (χ3v) is 6.03. The van der Waals surface area contributed by atoms with Gasteiger partial charge in [0.05, 0.1) is 20.5 Å². The summed E-state index contributed by atoms with van der Waals surface area (Å²) >= 11 is 4.72. The first kappa shape index (κ1) is 15.1. The van der Waals surface area contributed by atoms with E-state index in [2.05, 4.69) is 10.3 Å². The number of thiophene rings is 1. The molecule has 0 amide bonds. The van der Waals surface area contributed by atoms with E-state index in [0.717, 1.165) is 31.2 Å². The van der Waals surface area contributed by atoms with E-state index in [1.807, 2.05) is 48.0 Å². The van der Waals surface area contributed by atoms with E-state index in [0.29, 0.717) is 0 Å². The van der Waals surface area contributed by atoms with Crippen LogP contribution in [0.4, 0.5) is 10.8 Å². The third-order valence-electron chi connectivity index (χ3n) is 2.96. The Morgan fingerprint density at radius 1 is 1.32 bits per heavy atom. The van der Waals surface area contributed by atoms with Crippen molar-refractivity contribution in [1.82, 2.24) is 4.98 Å². The van der Waals surface area contributed by atoms with E-state index in [1.165, 1.54) is 11.3 Å². The van der Waals surface area contributed by atoms with Crippen molar-refractivity contribution < 1.29 is 0 Å². The third kappa shape index (κ3) is 3.16. The number of nitrogen functional groups attached to an aromatic ring is 1. The van der Waals surface area contributed by atoms with Gasteiger partial charge in [0.2, 0.25) is 0 Å². The van der Waals surface area contributed by atoms with Crippen molar-refractivity contribution in [1.29, 1.82) is 5.41 Å². The van der Waals surface area contributed by atoms with E-state index in [-0.39, 0.29) is 5.84 Å². The summed E-state index contributed by atoms with van der Waals surface area (Å²) in [7, 11) is 0. The van der Waals surface area contributed by atoms with Crippen LogP contribution in [0.2, 0.25) is 0 Å². The van der Waals surface area contributed by atoms with Crippen molar-refractivity contribution in [3.05, 3.63) is 46.7 Å². The summed E-state index contributed by atoms with van der Waals surface area (Å²) in [6.07, 6.45) is 2.01. The Morgan fingerprint density at radius 2 is 2.09 bits per heavy atom. The molecule has 0 bridgehead atoms. The van der Waals surface area contributed by atoms with Crippen molar-refractivity contribution in [3.63, 3.8) is 0 Å². The van der Waals surface area contributed by atoms with E-state index in [1.54, 1.807) is 23.1 Å². The van der Waals surface area contributed by atoms with Crippen LogP contribution in [-0.2, 0) is 0 Å². The fraction of sp³-hybridized carbons (Fsp3) is 0.0667. The largest absolute Gasteiger partial charge is 0.383 e. The standard InChI is InChI=1S/C15H14N4S3/c1-20-14-10(7-12(22-14)13(16)17)18-15-19-11(8-21-15)9-5-3-2-4-6-9/h2-8H,1H3,(H3,16,17)(H,18,19). The minimum atomic E-state index is 0.0949.